The average Bonchev–Trinajstić information content (AvgIpc) is 3.75. The second-order valence-electron chi connectivity index (χ2n) is 8.57. The monoisotopic (exact) mass is 624 g/mol. The van der Waals surface area contributed by atoms with Gasteiger partial charge in [0.15, 0.2) is 10.6 Å². The van der Waals surface area contributed by atoms with Crippen LogP contribution in [0.5, 0.6) is 5.75 Å². The van der Waals surface area contributed by atoms with Crippen LogP contribution in [0, 0.1) is 15.3 Å². The number of nitrogens with zero attached hydrogens (tertiary/aromatic N) is 3. The Morgan fingerprint density at radius 3 is 2.20 bits per heavy atom. The van der Waals surface area contributed by atoms with Gasteiger partial charge in [0.1, 0.15) is 16.8 Å². The molecule has 3 heterocycles. The predicted molar refractivity (Wildman–Crippen MR) is 156 cm³/mol. The van der Waals surface area contributed by atoms with E-state index in [9.17, 15) is 28.9 Å². The molecular weight excluding hydrogens is 609 g/mol. The molecule has 15 heteroatoms. The van der Waals surface area contributed by atoms with Gasteiger partial charge in [0.2, 0.25) is 0 Å². The summed E-state index contributed by atoms with van der Waals surface area (Å²) in [6.07, 6.45) is 0. The molecule has 0 aliphatic rings. The number of hydrogen-bond donors (Lipinski definition) is 2. The minimum atomic E-state index is -4.59. The summed E-state index contributed by atoms with van der Waals surface area (Å²) in [7, 11) is -4.59. The number of rotatable bonds is 8. The topological polar surface area (TPSA) is 160 Å². The Morgan fingerprint density at radius 2 is 1.56 bits per heavy atom. The van der Waals surface area contributed by atoms with E-state index < -0.39 is 36.5 Å². The highest BCUT2D eigenvalue weighted by molar-refractivity contribution is 7.87. The normalized spacial score (nSPS) is 12.4. The Kier molecular flexibility index (Phi) is 7.08. The lowest BCUT2D eigenvalue weighted by molar-refractivity contribution is -0.992. The first-order chi connectivity index (χ1) is 19.7. The van der Waals surface area contributed by atoms with Gasteiger partial charge < -0.3 is 9.39 Å². The summed E-state index contributed by atoms with van der Waals surface area (Å²) in [4.78, 5) is 12.5. The van der Waals surface area contributed by atoms with Crippen LogP contribution >= 0.6 is 34.4 Å². The molecule has 0 saturated carbocycles. The third kappa shape index (κ3) is 5.22. The summed E-state index contributed by atoms with van der Waals surface area (Å²) in [5.41, 5.74) is 3.20. The van der Waals surface area contributed by atoms with Crippen LogP contribution in [0.1, 0.15) is 0 Å². The Balaban J connectivity index is 1.25. The van der Waals surface area contributed by atoms with Gasteiger partial charge >= 0.3 is 10.1 Å². The number of fused-ring (bicyclic) bond motifs is 1. The standard InChI is InChI=1S/C26H16N4O7S4/c31-29(32)16-5-12-24(20(14-16)30(33)34)41(35,36)37-17-6-3-15(4-7-17)21-10-11-23(39-21)19-9-8-18(22-2-1-13-38-22)25-26(19)28-40-27-25/h1-14,30,33H. The SMILES string of the molecule is O=[N+]([O-])c1ccc(S(=O)(=O)Oc2ccc(-c3ccc(-c4ccc(-c5cccs5)c5nsnc45)s3)cc2)c([NH+]([O-])O)c1. The third-order valence-electron chi connectivity index (χ3n) is 6.09. The molecule has 0 spiro atoms. The molecule has 1 unspecified atom stereocenters. The minimum absolute atomic E-state index is 0.0420. The van der Waals surface area contributed by atoms with Crippen LogP contribution in [0.2, 0.25) is 0 Å². The fourth-order valence-corrected chi connectivity index (χ4v) is 7.67. The molecule has 41 heavy (non-hydrogen) atoms. The lowest BCUT2D eigenvalue weighted by Crippen LogP contribution is -2.99. The number of aromatic nitrogens is 2. The van der Waals surface area contributed by atoms with Crippen molar-refractivity contribution >= 4 is 66.9 Å². The largest absolute Gasteiger partial charge is 0.595 e. The molecule has 0 radical (unpaired) electrons. The number of nitro groups is 1. The zero-order chi connectivity index (χ0) is 28.7. The van der Waals surface area contributed by atoms with Crippen molar-refractivity contribution in [2.24, 2.45) is 0 Å². The maximum Gasteiger partial charge on any atom is 0.345 e. The summed E-state index contributed by atoms with van der Waals surface area (Å²) in [6.45, 7) is 0. The predicted octanol–water partition coefficient (Wildman–Crippen LogP) is 5.89. The number of quaternary nitrogens is 1. The smallest absolute Gasteiger partial charge is 0.345 e. The number of hydrogen-bond acceptors (Lipinski definition) is 12. The molecular formula is C26H16N4O7S4. The number of nitro benzene ring substituents is 1. The van der Waals surface area contributed by atoms with Gasteiger partial charge in [0.05, 0.1) is 22.7 Å². The second kappa shape index (κ2) is 10.7. The molecule has 0 saturated heterocycles. The molecule has 0 amide bonds. The van der Waals surface area contributed by atoms with Gasteiger partial charge in [-0.1, -0.05) is 18.2 Å². The molecule has 3 aromatic carbocycles. The fraction of sp³-hybridized carbons (Fsp3) is 0. The van der Waals surface area contributed by atoms with E-state index in [1.807, 2.05) is 29.6 Å². The number of non-ortho nitro benzene ring substituents is 1. The van der Waals surface area contributed by atoms with Gasteiger partial charge in [-0.25, -0.2) is 5.21 Å². The van der Waals surface area contributed by atoms with E-state index in [1.54, 1.807) is 34.8 Å². The van der Waals surface area contributed by atoms with E-state index in [0.717, 1.165) is 54.5 Å². The van der Waals surface area contributed by atoms with Crippen molar-refractivity contribution < 1.29 is 28.0 Å². The molecule has 11 nitrogen and oxygen atoms in total. The highest BCUT2D eigenvalue weighted by Crippen LogP contribution is 2.41. The summed E-state index contributed by atoms with van der Waals surface area (Å²) in [6, 6.07) is 20.8. The van der Waals surface area contributed by atoms with Crippen LogP contribution < -0.4 is 9.41 Å². The van der Waals surface area contributed by atoms with Crippen molar-refractivity contribution in [1.82, 2.24) is 8.75 Å². The Hall–Kier alpha value is -4.09. The van der Waals surface area contributed by atoms with Crippen molar-refractivity contribution in [1.29, 1.82) is 0 Å². The molecule has 6 aromatic rings. The van der Waals surface area contributed by atoms with Crippen LogP contribution in [0.4, 0.5) is 11.4 Å². The summed E-state index contributed by atoms with van der Waals surface area (Å²) >= 11 is 4.36. The minimum Gasteiger partial charge on any atom is -0.595 e. The zero-order valence-corrected chi connectivity index (χ0v) is 23.7. The average molecular weight is 625 g/mol. The lowest BCUT2D eigenvalue weighted by atomic mass is 10.1. The molecule has 0 aliphatic carbocycles. The van der Waals surface area contributed by atoms with Gasteiger partial charge in [0.25, 0.3) is 5.69 Å². The van der Waals surface area contributed by atoms with Crippen molar-refractivity contribution in [2.45, 2.75) is 4.90 Å². The molecule has 2 N–H and O–H groups in total. The first kappa shape index (κ1) is 27.1. The Labute approximate surface area is 244 Å². The Bertz CT molecular complexity index is 2000. The van der Waals surface area contributed by atoms with Crippen molar-refractivity contribution in [3.8, 4) is 37.1 Å². The fourth-order valence-electron chi connectivity index (χ4n) is 4.20. The zero-order valence-electron chi connectivity index (χ0n) is 20.5. The van der Waals surface area contributed by atoms with E-state index in [2.05, 4.69) is 20.9 Å². The molecule has 0 aliphatic heterocycles. The first-order valence-electron chi connectivity index (χ1n) is 11.7. The van der Waals surface area contributed by atoms with Gasteiger partial charge in [-0.2, -0.15) is 22.4 Å². The van der Waals surface area contributed by atoms with Crippen LogP contribution in [0.3, 0.4) is 0 Å². The van der Waals surface area contributed by atoms with E-state index >= 15 is 0 Å². The number of thiophene rings is 2. The Morgan fingerprint density at radius 1 is 0.878 bits per heavy atom. The highest BCUT2D eigenvalue weighted by atomic mass is 32.2. The van der Waals surface area contributed by atoms with E-state index in [1.165, 1.54) is 23.9 Å². The molecule has 206 valence electrons. The van der Waals surface area contributed by atoms with E-state index in [4.69, 9.17) is 4.18 Å². The van der Waals surface area contributed by atoms with Gasteiger partial charge in [-0.15, -0.1) is 22.7 Å². The van der Waals surface area contributed by atoms with Gasteiger partial charge in [-0.3, -0.25) is 10.1 Å². The van der Waals surface area contributed by atoms with E-state index in [-0.39, 0.29) is 5.75 Å². The summed E-state index contributed by atoms with van der Waals surface area (Å²) in [5, 5.41) is 32.4. The number of benzene rings is 3. The highest BCUT2D eigenvalue weighted by Gasteiger charge is 2.28. The quantitative estimate of drug-likeness (QED) is 0.119. The molecule has 0 bridgehead atoms. The summed E-state index contributed by atoms with van der Waals surface area (Å²) in [5.74, 6) is -0.0420. The molecule has 0 fully saturated rings. The lowest BCUT2D eigenvalue weighted by Gasteiger charge is -2.15. The summed E-state index contributed by atoms with van der Waals surface area (Å²) < 4.78 is 39.9. The molecule has 1 atom stereocenters. The van der Waals surface area contributed by atoms with Crippen LogP contribution in [-0.4, -0.2) is 27.3 Å². The molecule has 6 rings (SSSR count). The maximum absolute atomic E-state index is 12.8. The molecule has 3 aromatic heterocycles. The van der Waals surface area contributed by atoms with Gasteiger partial charge in [-0.05, 0) is 59.5 Å². The third-order valence-corrected chi connectivity index (χ3v) is 10.00. The van der Waals surface area contributed by atoms with Crippen molar-refractivity contribution in [3.63, 3.8) is 0 Å². The van der Waals surface area contributed by atoms with E-state index in [0.29, 0.717) is 6.07 Å². The van der Waals surface area contributed by atoms with Crippen LogP contribution in [-0.2, 0) is 10.1 Å². The second-order valence-corrected chi connectivity index (χ2v) is 12.6. The van der Waals surface area contributed by atoms with Crippen LogP contribution in [0.25, 0.3) is 42.4 Å². The van der Waals surface area contributed by atoms with Gasteiger partial charge in [0, 0.05) is 31.8 Å². The maximum atomic E-state index is 12.8. The van der Waals surface area contributed by atoms with Crippen molar-refractivity contribution in [2.75, 3.05) is 0 Å². The van der Waals surface area contributed by atoms with Crippen molar-refractivity contribution in [3.05, 3.63) is 99.6 Å². The first-order valence-corrected chi connectivity index (χ1v) is 15.5. The van der Waals surface area contributed by atoms with Crippen LogP contribution in [0.15, 0.2) is 89.1 Å². The number of nitrogens with one attached hydrogen (secondary N) is 1.